The molecule has 0 fully saturated rings. The summed E-state index contributed by atoms with van der Waals surface area (Å²) in [6, 6.07) is 5.96. The molecule has 1 aromatic carbocycles. The molecule has 0 radical (unpaired) electrons. The van der Waals surface area contributed by atoms with Crippen LogP contribution in [-0.2, 0) is 15.5 Å². The molecule has 0 amide bonds. The number of rotatable bonds is 2. The highest BCUT2D eigenvalue weighted by molar-refractivity contribution is 8.13. The predicted octanol–water partition coefficient (Wildman–Crippen LogP) is 2.33. The van der Waals surface area contributed by atoms with Crippen LogP contribution >= 0.6 is 22.3 Å². The lowest BCUT2D eigenvalue weighted by molar-refractivity contribution is 0.609. The number of hydrogen-bond acceptors (Lipinski definition) is 3. The molecule has 0 aromatic heterocycles. The van der Waals surface area contributed by atoms with E-state index in [1.165, 1.54) is 18.2 Å². The van der Waals surface area contributed by atoms with Gasteiger partial charge in [-0.2, -0.15) is 5.26 Å². The Morgan fingerprint density at radius 2 is 2.07 bits per heavy atom. The van der Waals surface area contributed by atoms with Crippen LogP contribution in [0.25, 0.3) is 0 Å². The lowest BCUT2D eigenvalue weighted by Crippen LogP contribution is -1.97. The molecule has 0 N–H and O–H groups in total. The van der Waals surface area contributed by atoms with Gasteiger partial charge in [-0.05, 0) is 23.8 Å². The van der Waals surface area contributed by atoms with Crippen molar-refractivity contribution in [2.24, 2.45) is 0 Å². The van der Waals surface area contributed by atoms with Crippen molar-refractivity contribution in [1.29, 1.82) is 5.26 Å². The normalized spacial score (nSPS) is 10.9. The van der Waals surface area contributed by atoms with E-state index in [-0.39, 0.29) is 11.3 Å². The molecular weight excluding hydrogens is 245 g/mol. The first-order chi connectivity index (χ1) is 6.45. The molecule has 6 heteroatoms. The summed E-state index contributed by atoms with van der Waals surface area (Å²) in [5.41, 5.74) is 0.315. The Morgan fingerprint density at radius 1 is 1.43 bits per heavy atom. The van der Waals surface area contributed by atoms with Crippen molar-refractivity contribution in [3.63, 3.8) is 0 Å². The summed E-state index contributed by atoms with van der Waals surface area (Å²) in [4.78, 5) is -0.0647. The molecule has 0 atom stereocenters. The predicted molar refractivity (Wildman–Crippen MR) is 53.8 cm³/mol. The summed E-state index contributed by atoms with van der Waals surface area (Å²) in [7, 11) is 1.36. The van der Waals surface area contributed by atoms with E-state index < -0.39 is 9.05 Å². The van der Waals surface area contributed by atoms with Gasteiger partial charge in [-0.15, -0.1) is 0 Å². The standard InChI is InChI=1S/C8H5Cl2NO2S/c9-7-1-2-8(14(10,12)13)6(5-7)3-4-11/h1-2,5H,3H2. The zero-order valence-corrected chi connectivity index (χ0v) is 9.20. The topological polar surface area (TPSA) is 57.9 Å². The second kappa shape index (κ2) is 4.18. The van der Waals surface area contributed by atoms with Crippen molar-refractivity contribution < 1.29 is 8.42 Å². The van der Waals surface area contributed by atoms with Gasteiger partial charge in [-0.25, -0.2) is 8.42 Å². The smallest absolute Gasteiger partial charge is 0.207 e. The van der Waals surface area contributed by atoms with Gasteiger partial charge in [0.15, 0.2) is 0 Å². The van der Waals surface area contributed by atoms with E-state index >= 15 is 0 Å². The third-order valence-corrected chi connectivity index (χ3v) is 3.21. The molecule has 0 heterocycles. The average molecular weight is 250 g/mol. The number of nitriles is 1. The fraction of sp³-hybridized carbons (Fsp3) is 0.125. The van der Waals surface area contributed by atoms with Gasteiger partial charge in [0, 0.05) is 15.7 Å². The van der Waals surface area contributed by atoms with E-state index in [0.717, 1.165) is 0 Å². The summed E-state index contributed by atoms with van der Waals surface area (Å²) in [6.07, 6.45) is -0.0398. The van der Waals surface area contributed by atoms with Gasteiger partial charge in [0.1, 0.15) is 0 Å². The molecule has 0 spiro atoms. The van der Waals surface area contributed by atoms with E-state index in [4.69, 9.17) is 27.5 Å². The van der Waals surface area contributed by atoms with Crippen LogP contribution in [-0.4, -0.2) is 8.42 Å². The van der Waals surface area contributed by atoms with Crippen LogP contribution in [0.5, 0.6) is 0 Å². The van der Waals surface area contributed by atoms with Crippen molar-refractivity contribution in [1.82, 2.24) is 0 Å². The molecule has 0 saturated heterocycles. The Labute approximate surface area is 91.3 Å². The monoisotopic (exact) mass is 249 g/mol. The molecule has 0 saturated carbocycles. The third-order valence-electron chi connectivity index (χ3n) is 1.55. The maximum Gasteiger partial charge on any atom is 0.261 e. The highest BCUT2D eigenvalue weighted by Gasteiger charge is 2.15. The fourth-order valence-electron chi connectivity index (χ4n) is 1.01. The van der Waals surface area contributed by atoms with E-state index in [0.29, 0.717) is 10.6 Å². The molecule has 0 aliphatic heterocycles. The van der Waals surface area contributed by atoms with Gasteiger partial charge in [-0.1, -0.05) is 11.6 Å². The first-order valence-corrected chi connectivity index (χ1v) is 6.24. The zero-order valence-electron chi connectivity index (χ0n) is 6.87. The molecule has 0 bridgehead atoms. The third kappa shape index (κ3) is 2.61. The SMILES string of the molecule is N#CCc1cc(Cl)ccc1S(=O)(=O)Cl. The Bertz CT molecular complexity index is 491. The molecule has 3 nitrogen and oxygen atoms in total. The molecule has 0 unspecified atom stereocenters. The summed E-state index contributed by atoms with van der Waals surface area (Å²) < 4.78 is 22.1. The lowest BCUT2D eigenvalue weighted by atomic mass is 10.2. The molecule has 0 aliphatic carbocycles. The first-order valence-electron chi connectivity index (χ1n) is 3.55. The van der Waals surface area contributed by atoms with Gasteiger partial charge >= 0.3 is 0 Å². The Kier molecular flexibility index (Phi) is 3.38. The average Bonchev–Trinajstić information content (AvgIpc) is 2.02. The second-order valence-corrected chi connectivity index (χ2v) is 5.50. The van der Waals surface area contributed by atoms with Crippen LogP contribution in [0.15, 0.2) is 23.1 Å². The lowest BCUT2D eigenvalue weighted by Gasteiger charge is -2.02. The highest BCUT2D eigenvalue weighted by atomic mass is 35.7. The molecule has 0 aliphatic rings. The van der Waals surface area contributed by atoms with Gasteiger partial charge < -0.3 is 0 Å². The molecular formula is C8H5Cl2NO2S. The maximum atomic E-state index is 11.1. The van der Waals surface area contributed by atoms with Gasteiger partial charge in [0.25, 0.3) is 9.05 Å². The number of halogens is 2. The van der Waals surface area contributed by atoms with E-state index in [9.17, 15) is 8.42 Å². The summed E-state index contributed by atoms with van der Waals surface area (Å²) in [5.74, 6) is 0. The van der Waals surface area contributed by atoms with Crippen LogP contribution < -0.4 is 0 Å². The van der Waals surface area contributed by atoms with E-state index in [2.05, 4.69) is 0 Å². The minimum absolute atomic E-state index is 0.0398. The largest absolute Gasteiger partial charge is 0.261 e. The Balaban J connectivity index is 3.38. The Morgan fingerprint density at radius 3 is 2.57 bits per heavy atom. The highest BCUT2D eigenvalue weighted by Crippen LogP contribution is 2.23. The number of benzene rings is 1. The minimum Gasteiger partial charge on any atom is -0.207 e. The molecule has 74 valence electrons. The van der Waals surface area contributed by atoms with Crippen LogP contribution in [0, 0.1) is 11.3 Å². The zero-order chi connectivity index (χ0) is 10.8. The van der Waals surface area contributed by atoms with Gasteiger partial charge in [-0.3, -0.25) is 0 Å². The van der Waals surface area contributed by atoms with Crippen LogP contribution in [0.1, 0.15) is 5.56 Å². The summed E-state index contributed by atoms with van der Waals surface area (Å²) in [5, 5.41) is 8.84. The van der Waals surface area contributed by atoms with Crippen molar-refractivity contribution in [3.05, 3.63) is 28.8 Å². The summed E-state index contributed by atoms with van der Waals surface area (Å²) in [6.45, 7) is 0. The van der Waals surface area contributed by atoms with Crippen molar-refractivity contribution in [3.8, 4) is 6.07 Å². The van der Waals surface area contributed by atoms with Gasteiger partial charge in [0.2, 0.25) is 0 Å². The first kappa shape index (κ1) is 11.3. The minimum atomic E-state index is -3.81. The quantitative estimate of drug-likeness (QED) is 0.757. The van der Waals surface area contributed by atoms with E-state index in [1.807, 2.05) is 6.07 Å². The van der Waals surface area contributed by atoms with Crippen molar-refractivity contribution in [2.45, 2.75) is 11.3 Å². The number of hydrogen-bond donors (Lipinski definition) is 0. The van der Waals surface area contributed by atoms with Gasteiger partial charge in [0.05, 0.1) is 17.4 Å². The molecule has 14 heavy (non-hydrogen) atoms. The van der Waals surface area contributed by atoms with Crippen LogP contribution in [0.4, 0.5) is 0 Å². The van der Waals surface area contributed by atoms with E-state index in [1.54, 1.807) is 0 Å². The van der Waals surface area contributed by atoms with Crippen molar-refractivity contribution >= 4 is 31.3 Å². The number of nitrogens with zero attached hydrogens (tertiary/aromatic N) is 1. The maximum absolute atomic E-state index is 11.1. The molecule has 1 aromatic rings. The Hall–Kier alpha value is -0.760. The fourth-order valence-corrected chi connectivity index (χ4v) is 2.33. The van der Waals surface area contributed by atoms with Crippen molar-refractivity contribution in [2.75, 3.05) is 0 Å². The summed E-state index contributed by atoms with van der Waals surface area (Å²) >= 11 is 5.66. The van der Waals surface area contributed by atoms with Crippen LogP contribution in [0.2, 0.25) is 5.02 Å². The van der Waals surface area contributed by atoms with Crippen LogP contribution in [0.3, 0.4) is 0 Å². The second-order valence-electron chi connectivity index (χ2n) is 2.52. The molecule has 1 rings (SSSR count).